The van der Waals surface area contributed by atoms with Crippen LogP contribution >= 0.6 is 0 Å². The van der Waals surface area contributed by atoms with Gasteiger partial charge in [0.1, 0.15) is 23.9 Å². The lowest BCUT2D eigenvalue weighted by Crippen LogP contribution is -2.58. The number of nitrogens with two attached hydrogens (primary N) is 1. The largest absolute Gasteiger partial charge is 0.481 e. The average Bonchev–Trinajstić information content (AvgIpc) is 3.36. The smallest absolute Gasteiger partial charge is 0.305 e. The number of benzene rings is 1. The first-order chi connectivity index (χ1) is 21.8. The Balaban J connectivity index is 2.24. The summed E-state index contributed by atoms with van der Waals surface area (Å²) in [6.45, 7) is 5.44. The Labute approximate surface area is 268 Å². The van der Waals surface area contributed by atoms with E-state index in [-0.39, 0.29) is 24.8 Å². The number of carbonyl (C=O) groups excluding carboxylic acids is 5. The molecule has 0 aliphatic heterocycles. The average molecular weight is 647 g/mol. The van der Waals surface area contributed by atoms with Crippen LogP contribution in [0.3, 0.4) is 0 Å². The zero-order chi connectivity index (χ0) is 34.2. The number of amides is 5. The van der Waals surface area contributed by atoms with E-state index >= 15 is 0 Å². The van der Waals surface area contributed by atoms with Crippen LogP contribution in [-0.2, 0) is 35.2 Å². The third-order valence-electron chi connectivity index (χ3n) is 7.29. The SMILES string of the molecule is CCCCCCCCCC(=O)NC(Cc1c[nH]c2cc(F)ccc12)C(=O)NC(CC(N)=O)C(=O)NC(CC(=O)O)C(=O)NC(C)C. The van der Waals surface area contributed by atoms with Crippen LogP contribution in [0.2, 0.25) is 0 Å². The minimum atomic E-state index is -1.58. The van der Waals surface area contributed by atoms with Crippen LogP contribution in [0.1, 0.15) is 90.5 Å². The molecule has 0 aliphatic rings. The predicted molar refractivity (Wildman–Crippen MR) is 170 cm³/mol. The van der Waals surface area contributed by atoms with E-state index in [0.29, 0.717) is 22.9 Å². The summed E-state index contributed by atoms with van der Waals surface area (Å²) in [7, 11) is 0. The van der Waals surface area contributed by atoms with Crippen molar-refractivity contribution in [3.63, 3.8) is 0 Å². The van der Waals surface area contributed by atoms with Crippen molar-refractivity contribution in [2.75, 3.05) is 0 Å². The van der Waals surface area contributed by atoms with Crippen LogP contribution in [0.5, 0.6) is 0 Å². The minimum absolute atomic E-state index is 0.0381. The number of nitrogens with one attached hydrogen (secondary N) is 5. The maximum absolute atomic E-state index is 13.8. The van der Waals surface area contributed by atoms with E-state index in [1.807, 2.05) is 0 Å². The number of fused-ring (bicyclic) bond motifs is 1. The maximum atomic E-state index is 13.8. The number of carboxylic acid groups (broad SMARTS) is 1. The van der Waals surface area contributed by atoms with Crippen molar-refractivity contribution in [3.05, 3.63) is 35.8 Å². The van der Waals surface area contributed by atoms with Crippen molar-refractivity contribution in [2.24, 2.45) is 5.73 Å². The van der Waals surface area contributed by atoms with E-state index in [4.69, 9.17) is 5.73 Å². The topological polar surface area (TPSA) is 213 Å². The molecule has 46 heavy (non-hydrogen) atoms. The molecule has 1 aromatic carbocycles. The molecule has 0 saturated carbocycles. The Morgan fingerprint density at radius 3 is 2.02 bits per heavy atom. The Morgan fingerprint density at radius 2 is 1.41 bits per heavy atom. The second-order valence-electron chi connectivity index (χ2n) is 11.8. The Morgan fingerprint density at radius 1 is 0.826 bits per heavy atom. The number of rotatable bonds is 21. The van der Waals surface area contributed by atoms with Crippen LogP contribution in [-0.4, -0.2) is 69.8 Å². The van der Waals surface area contributed by atoms with E-state index in [1.165, 1.54) is 12.1 Å². The van der Waals surface area contributed by atoms with Crippen molar-refractivity contribution in [3.8, 4) is 0 Å². The number of hydrogen-bond donors (Lipinski definition) is 7. The van der Waals surface area contributed by atoms with Crippen LogP contribution in [0.4, 0.5) is 4.39 Å². The van der Waals surface area contributed by atoms with Crippen molar-refractivity contribution >= 4 is 46.4 Å². The quantitative estimate of drug-likeness (QED) is 0.100. The van der Waals surface area contributed by atoms with Gasteiger partial charge in [-0.25, -0.2) is 4.39 Å². The normalized spacial score (nSPS) is 13.1. The molecule has 1 aromatic heterocycles. The third-order valence-corrected chi connectivity index (χ3v) is 7.29. The number of aromatic amines is 1. The first-order valence-corrected chi connectivity index (χ1v) is 15.8. The number of primary amides is 1. The molecule has 0 saturated heterocycles. The zero-order valence-electron chi connectivity index (χ0n) is 26.7. The molecule has 1 heterocycles. The van der Waals surface area contributed by atoms with Gasteiger partial charge in [0.15, 0.2) is 0 Å². The molecular formula is C32H47FN6O7. The summed E-state index contributed by atoms with van der Waals surface area (Å²) in [5, 5.41) is 19.9. The standard InChI is InChI=1S/C32H47FN6O7/c1-4-5-6-7-8-9-10-11-28(41)37-24(14-20-18-35-23-15-21(33)12-13-22(20)23)31(45)38-25(16-27(34)40)32(46)39-26(17-29(42)43)30(44)36-19(2)3/h12-13,15,18-19,24-26,35H,4-11,14,16-17H2,1-3H3,(H2,34,40)(H,36,44)(H,37,41)(H,38,45)(H,39,46)(H,42,43). The number of aromatic nitrogens is 1. The predicted octanol–water partition coefficient (Wildman–Crippen LogP) is 2.32. The van der Waals surface area contributed by atoms with Gasteiger partial charge in [-0.05, 0) is 44.0 Å². The summed E-state index contributed by atoms with van der Waals surface area (Å²) in [4.78, 5) is 78.5. The number of carboxylic acids is 1. The van der Waals surface area contributed by atoms with Crippen LogP contribution in [0.15, 0.2) is 24.4 Å². The highest BCUT2D eigenvalue weighted by Gasteiger charge is 2.32. The lowest BCUT2D eigenvalue weighted by Gasteiger charge is -2.25. The minimum Gasteiger partial charge on any atom is -0.481 e. The van der Waals surface area contributed by atoms with E-state index < -0.39 is 66.4 Å². The second kappa shape index (κ2) is 19.1. The molecule has 14 heteroatoms. The third kappa shape index (κ3) is 13.2. The van der Waals surface area contributed by atoms with Gasteiger partial charge in [0, 0.05) is 36.0 Å². The summed E-state index contributed by atoms with van der Waals surface area (Å²) >= 11 is 0. The molecule has 254 valence electrons. The molecule has 0 fully saturated rings. The highest BCUT2D eigenvalue weighted by Crippen LogP contribution is 2.21. The molecule has 0 spiro atoms. The van der Waals surface area contributed by atoms with Gasteiger partial charge >= 0.3 is 5.97 Å². The molecule has 0 radical (unpaired) electrons. The van der Waals surface area contributed by atoms with Crippen LogP contribution in [0.25, 0.3) is 10.9 Å². The lowest BCUT2D eigenvalue weighted by atomic mass is 10.0. The van der Waals surface area contributed by atoms with Crippen LogP contribution in [0, 0.1) is 5.82 Å². The Hall–Kier alpha value is -4.49. The van der Waals surface area contributed by atoms with Crippen molar-refractivity contribution < 1.29 is 38.3 Å². The summed E-state index contributed by atoms with van der Waals surface area (Å²) < 4.78 is 13.8. The second-order valence-corrected chi connectivity index (χ2v) is 11.8. The van der Waals surface area contributed by atoms with E-state index in [0.717, 1.165) is 38.5 Å². The highest BCUT2D eigenvalue weighted by molar-refractivity contribution is 5.97. The molecule has 0 bridgehead atoms. The molecular weight excluding hydrogens is 599 g/mol. The fourth-order valence-electron chi connectivity index (χ4n) is 4.99. The number of halogens is 1. The number of carbonyl (C=O) groups is 6. The molecule has 2 aromatic rings. The summed E-state index contributed by atoms with van der Waals surface area (Å²) in [6, 6.07) is -0.527. The Bertz CT molecular complexity index is 1360. The molecule has 13 nitrogen and oxygen atoms in total. The fraction of sp³-hybridized carbons (Fsp3) is 0.562. The Kier molecular flexibility index (Phi) is 15.7. The van der Waals surface area contributed by atoms with E-state index in [1.54, 1.807) is 26.1 Å². The van der Waals surface area contributed by atoms with Crippen LogP contribution < -0.4 is 27.0 Å². The number of hydrogen-bond acceptors (Lipinski definition) is 6. The maximum Gasteiger partial charge on any atom is 0.305 e. The van der Waals surface area contributed by atoms with Crippen molar-refractivity contribution in [1.29, 1.82) is 0 Å². The first-order valence-electron chi connectivity index (χ1n) is 15.8. The summed E-state index contributed by atoms with van der Waals surface area (Å²) in [6.07, 6.45) is 7.29. The van der Waals surface area contributed by atoms with Gasteiger partial charge in [-0.1, -0.05) is 45.4 Å². The van der Waals surface area contributed by atoms with E-state index in [9.17, 15) is 38.3 Å². The first kappa shape index (κ1) is 37.7. The monoisotopic (exact) mass is 646 g/mol. The highest BCUT2D eigenvalue weighted by atomic mass is 19.1. The molecule has 2 rings (SSSR count). The molecule has 3 unspecified atom stereocenters. The van der Waals surface area contributed by atoms with Gasteiger partial charge in [-0.2, -0.15) is 0 Å². The molecule has 5 amide bonds. The van der Waals surface area contributed by atoms with Gasteiger partial charge in [-0.15, -0.1) is 0 Å². The zero-order valence-corrected chi connectivity index (χ0v) is 26.7. The van der Waals surface area contributed by atoms with Gasteiger partial charge in [0.2, 0.25) is 29.5 Å². The molecule has 8 N–H and O–H groups in total. The van der Waals surface area contributed by atoms with Gasteiger partial charge in [-0.3, -0.25) is 28.8 Å². The van der Waals surface area contributed by atoms with Gasteiger partial charge in [0.05, 0.1) is 12.8 Å². The van der Waals surface area contributed by atoms with Gasteiger partial charge < -0.3 is 37.1 Å². The van der Waals surface area contributed by atoms with Gasteiger partial charge in [0.25, 0.3) is 0 Å². The van der Waals surface area contributed by atoms with E-state index in [2.05, 4.69) is 33.2 Å². The lowest BCUT2D eigenvalue weighted by molar-refractivity contribution is -0.141. The summed E-state index contributed by atoms with van der Waals surface area (Å²) in [5.41, 5.74) is 6.42. The number of unbranched alkanes of at least 4 members (excludes halogenated alkanes) is 6. The van der Waals surface area contributed by atoms with Crippen molar-refractivity contribution in [1.82, 2.24) is 26.3 Å². The number of aliphatic carboxylic acids is 1. The molecule has 0 aliphatic carbocycles. The van der Waals surface area contributed by atoms with Crippen molar-refractivity contribution in [2.45, 2.75) is 116 Å². The fourth-order valence-corrected chi connectivity index (χ4v) is 4.99. The summed E-state index contributed by atoms with van der Waals surface area (Å²) in [5.74, 6) is -5.73. The number of H-pyrrole nitrogens is 1. The molecule has 3 atom stereocenters.